The molecule has 36 heavy (non-hydrogen) atoms. The van der Waals surface area contributed by atoms with Gasteiger partial charge >= 0.3 is 0 Å². The number of pyridine rings is 1. The van der Waals surface area contributed by atoms with E-state index in [1.165, 1.54) is 6.33 Å². The fraction of sp³-hybridized carbons (Fsp3) is 0.500. The number of anilines is 2. The fourth-order valence-electron chi connectivity index (χ4n) is 6.37. The number of aryl methyl sites for hydroxylation is 1. The number of amides is 1. The summed E-state index contributed by atoms with van der Waals surface area (Å²) in [5, 5.41) is 4.46. The molecule has 0 saturated heterocycles. The first kappa shape index (κ1) is 23.6. The third kappa shape index (κ3) is 3.58. The van der Waals surface area contributed by atoms with Crippen LogP contribution in [0.5, 0.6) is 0 Å². The number of fused-ring (bicyclic) bond motifs is 5. The first-order valence-electron chi connectivity index (χ1n) is 12.5. The highest BCUT2D eigenvalue weighted by Gasteiger charge is 2.46. The number of hydrogen-bond donors (Lipinski definition) is 1. The normalized spacial score (nSPS) is 20.4. The van der Waals surface area contributed by atoms with E-state index in [-0.39, 0.29) is 23.2 Å². The molecule has 0 radical (unpaired) electrons. The Bertz CT molecular complexity index is 1470. The largest absolute Gasteiger partial charge is 0.349 e. The molecule has 3 aromatic heterocycles. The quantitative estimate of drug-likeness (QED) is 0.533. The molecule has 6 rings (SSSR count). The fourth-order valence-corrected chi connectivity index (χ4v) is 7.93. The number of rotatable bonds is 3. The summed E-state index contributed by atoms with van der Waals surface area (Å²) in [7, 11) is 3.59. The number of halogens is 1. The van der Waals surface area contributed by atoms with Crippen LogP contribution in [0.25, 0.3) is 10.2 Å². The van der Waals surface area contributed by atoms with E-state index in [1.807, 2.05) is 0 Å². The van der Waals surface area contributed by atoms with Crippen LogP contribution in [-0.4, -0.2) is 45.2 Å². The van der Waals surface area contributed by atoms with Crippen molar-refractivity contribution in [3.8, 4) is 0 Å². The number of ketones is 1. The van der Waals surface area contributed by atoms with Crippen LogP contribution in [0, 0.1) is 5.92 Å². The Morgan fingerprint density at radius 1 is 1.22 bits per heavy atom. The van der Waals surface area contributed by atoms with E-state index in [0.717, 1.165) is 65.6 Å². The average Bonchev–Trinajstić information content (AvgIpc) is 3.37. The van der Waals surface area contributed by atoms with Gasteiger partial charge in [-0.15, -0.1) is 11.3 Å². The predicted octanol–water partition coefficient (Wildman–Crippen LogP) is 4.69. The summed E-state index contributed by atoms with van der Waals surface area (Å²) < 4.78 is 1.68. The van der Waals surface area contributed by atoms with E-state index >= 15 is 0 Å². The van der Waals surface area contributed by atoms with Crippen molar-refractivity contribution in [2.45, 2.75) is 63.3 Å². The summed E-state index contributed by atoms with van der Waals surface area (Å²) >= 11 is 8.19. The lowest BCUT2D eigenvalue weighted by molar-refractivity contribution is -0.133. The molecule has 8 nitrogen and oxygen atoms in total. The van der Waals surface area contributed by atoms with Gasteiger partial charge in [0.05, 0.1) is 15.9 Å². The summed E-state index contributed by atoms with van der Waals surface area (Å²) in [6.07, 6.45) is 8.79. The van der Waals surface area contributed by atoms with Gasteiger partial charge in [-0.3, -0.25) is 19.0 Å². The van der Waals surface area contributed by atoms with E-state index in [4.69, 9.17) is 11.6 Å². The highest BCUT2D eigenvalue weighted by atomic mass is 35.5. The molecule has 1 spiro atoms. The molecule has 1 aliphatic heterocycles. The third-order valence-corrected chi connectivity index (χ3v) is 9.51. The number of nitrogens with zero attached hydrogens (tertiary/aromatic N) is 4. The van der Waals surface area contributed by atoms with Gasteiger partial charge in [-0.1, -0.05) is 30.9 Å². The lowest BCUT2D eigenvalue weighted by Crippen LogP contribution is -2.40. The first-order chi connectivity index (χ1) is 17.3. The van der Waals surface area contributed by atoms with Crippen LogP contribution in [-0.2, 0) is 23.2 Å². The number of nitrogens with one attached hydrogen (secondary N) is 1. The topological polar surface area (TPSA) is 97.2 Å². The third-order valence-electron chi connectivity index (χ3n) is 8.06. The van der Waals surface area contributed by atoms with Gasteiger partial charge in [0.1, 0.15) is 28.4 Å². The number of aromatic nitrogens is 3. The first-order valence-corrected chi connectivity index (χ1v) is 13.7. The standard InChI is InChI=1S/C26H28ClN5O3S/c1-31(2)24(34)14-6-7-15-19(10-14)36-23-20(15)22(28-13-29-23)30-17-11-16(27)21-18(33)12-26(32(21)25(17)35)8-4-3-5-9-26/h11,13-14H,3-10,12H2,1-2H3,(H,28,29,30)/t14-/m0/s1. The molecule has 1 saturated carbocycles. The predicted molar refractivity (Wildman–Crippen MR) is 141 cm³/mol. The summed E-state index contributed by atoms with van der Waals surface area (Å²) in [6.45, 7) is 0. The van der Waals surface area contributed by atoms with Gasteiger partial charge in [-0.2, -0.15) is 0 Å². The molecule has 0 unspecified atom stereocenters. The molecular formula is C26H28ClN5O3S. The Hall–Kier alpha value is -2.78. The maximum atomic E-state index is 13.8. The Labute approximate surface area is 217 Å². The Balaban J connectivity index is 1.41. The molecule has 188 valence electrons. The molecule has 1 amide bonds. The van der Waals surface area contributed by atoms with Crippen molar-refractivity contribution < 1.29 is 9.59 Å². The van der Waals surface area contributed by atoms with E-state index < -0.39 is 5.54 Å². The molecule has 1 fully saturated rings. The second-order valence-electron chi connectivity index (χ2n) is 10.5. The Kier molecular flexibility index (Phi) is 5.68. The highest BCUT2D eigenvalue weighted by molar-refractivity contribution is 7.19. The number of thiophene rings is 1. The van der Waals surface area contributed by atoms with Crippen LogP contribution < -0.4 is 10.9 Å². The minimum atomic E-state index is -0.473. The minimum absolute atomic E-state index is 0.0330. The molecule has 2 aliphatic carbocycles. The molecule has 1 atom stereocenters. The summed E-state index contributed by atoms with van der Waals surface area (Å²) in [4.78, 5) is 51.9. The molecule has 0 aromatic carbocycles. The van der Waals surface area contributed by atoms with Gasteiger partial charge in [-0.05, 0) is 43.7 Å². The monoisotopic (exact) mass is 525 g/mol. The molecular weight excluding hydrogens is 498 g/mol. The highest BCUT2D eigenvalue weighted by Crippen LogP contribution is 2.45. The Morgan fingerprint density at radius 2 is 2.00 bits per heavy atom. The van der Waals surface area contributed by atoms with Crippen molar-refractivity contribution in [2.24, 2.45) is 5.92 Å². The van der Waals surface area contributed by atoms with Crippen LogP contribution in [0.2, 0.25) is 5.02 Å². The van der Waals surface area contributed by atoms with Gasteiger partial charge in [0, 0.05) is 31.3 Å². The van der Waals surface area contributed by atoms with Crippen LogP contribution >= 0.6 is 22.9 Å². The van der Waals surface area contributed by atoms with Crippen molar-refractivity contribution in [2.75, 3.05) is 19.4 Å². The van der Waals surface area contributed by atoms with Gasteiger partial charge in [-0.25, -0.2) is 9.97 Å². The molecule has 4 heterocycles. The van der Waals surface area contributed by atoms with Crippen molar-refractivity contribution in [3.63, 3.8) is 0 Å². The van der Waals surface area contributed by atoms with Gasteiger partial charge in [0.15, 0.2) is 5.78 Å². The van der Waals surface area contributed by atoms with Gasteiger partial charge < -0.3 is 10.2 Å². The number of hydrogen-bond acceptors (Lipinski definition) is 7. The van der Waals surface area contributed by atoms with Crippen molar-refractivity contribution >= 4 is 56.4 Å². The lowest BCUT2D eigenvalue weighted by Gasteiger charge is -2.35. The molecule has 1 N–H and O–H groups in total. The second-order valence-corrected chi connectivity index (χ2v) is 12.0. The zero-order valence-corrected chi connectivity index (χ0v) is 22.0. The number of carbonyl (C=O) groups is 2. The van der Waals surface area contributed by atoms with E-state index in [0.29, 0.717) is 35.1 Å². The van der Waals surface area contributed by atoms with Crippen molar-refractivity contribution in [1.29, 1.82) is 0 Å². The molecule has 3 aliphatic rings. The van der Waals surface area contributed by atoms with Gasteiger partial charge in [0.2, 0.25) is 5.91 Å². The lowest BCUT2D eigenvalue weighted by atomic mass is 9.80. The maximum Gasteiger partial charge on any atom is 0.275 e. The van der Waals surface area contributed by atoms with Crippen LogP contribution in [0.4, 0.5) is 11.5 Å². The molecule has 0 bridgehead atoms. The smallest absolute Gasteiger partial charge is 0.275 e. The summed E-state index contributed by atoms with van der Waals surface area (Å²) in [5.41, 5.74) is 1.10. The van der Waals surface area contributed by atoms with Crippen molar-refractivity contribution in [1.82, 2.24) is 19.4 Å². The molecule has 3 aromatic rings. The maximum absolute atomic E-state index is 13.8. The van der Waals surface area contributed by atoms with E-state index in [1.54, 1.807) is 41.0 Å². The van der Waals surface area contributed by atoms with Gasteiger partial charge in [0.25, 0.3) is 5.56 Å². The van der Waals surface area contributed by atoms with Crippen molar-refractivity contribution in [3.05, 3.63) is 43.9 Å². The minimum Gasteiger partial charge on any atom is -0.349 e. The van der Waals surface area contributed by atoms with Crippen LogP contribution in [0.3, 0.4) is 0 Å². The van der Waals surface area contributed by atoms with Crippen LogP contribution in [0.15, 0.2) is 17.2 Å². The summed E-state index contributed by atoms with van der Waals surface area (Å²) in [5.74, 6) is 0.623. The number of carbonyl (C=O) groups excluding carboxylic acids is 2. The average molecular weight is 526 g/mol. The molecule has 10 heteroatoms. The zero-order chi connectivity index (χ0) is 25.2. The Morgan fingerprint density at radius 3 is 2.75 bits per heavy atom. The summed E-state index contributed by atoms with van der Waals surface area (Å²) in [6, 6.07) is 1.56. The second kappa shape index (κ2) is 8.66. The van der Waals surface area contributed by atoms with Crippen LogP contribution in [0.1, 0.15) is 65.9 Å². The number of Topliss-reactive ketones (excluding diaryl/α,β-unsaturated/α-hetero) is 1. The zero-order valence-electron chi connectivity index (χ0n) is 20.4. The van der Waals surface area contributed by atoms with E-state index in [2.05, 4.69) is 15.3 Å². The van der Waals surface area contributed by atoms with E-state index in [9.17, 15) is 14.4 Å². The SMILES string of the molecule is CN(C)C(=O)[C@H]1CCc2c(sc3ncnc(Nc4cc(Cl)c5n(c4=O)C4(CCCCC4)CC5=O)c23)C1.